The van der Waals surface area contributed by atoms with Gasteiger partial charge in [0.25, 0.3) is 0 Å². The average molecular weight is 258 g/mol. The predicted molar refractivity (Wildman–Crippen MR) is 74.7 cm³/mol. The molecule has 3 rings (SSSR count). The lowest BCUT2D eigenvalue weighted by Gasteiger charge is -2.04. The van der Waals surface area contributed by atoms with Crippen molar-refractivity contribution >= 4 is 28.3 Å². The van der Waals surface area contributed by atoms with Crippen LogP contribution < -0.4 is 5.73 Å². The van der Waals surface area contributed by atoms with E-state index in [-0.39, 0.29) is 0 Å². The summed E-state index contributed by atoms with van der Waals surface area (Å²) in [5.74, 6) is 0.576. The Hall–Kier alpha value is -1.88. The zero-order valence-electron chi connectivity index (χ0n) is 10.1. The second kappa shape index (κ2) is 4.42. The number of imidazole rings is 1. The number of benzene rings is 1. The minimum Gasteiger partial charge on any atom is -0.369 e. The lowest BCUT2D eigenvalue weighted by atomic mass is 10.2. The lowest BCUT2D eigenvalue weighted by molar-refractivity contribution is 0.722. The van der Waals surface area contributed by atoms with Gasteiger partial charge in [-0.15, -0.1) is 11.3 Å². The molecule has 0 radical (unpaired) electrons. The first-order valence-corrected chi connectivity index (χ1v) is 6.73. The highest BCUT2D eigenvalue weighted by Gasteiger charge is 2.08. The van der Waals surface area contributed by atoms with Crippen LogP contribution in [0.1, 0.15) is 10.6 Å². The number of rotatable bonds is 3. The first-order valence-electron chi connectivity index (χ1n) is 5.85. The molecule has 0 fully saturated rings. The van der Waals surface area contributed by atoms with E-state index in [0.29, 0.717) is 5.95 Å². The van der Waals surface area contributed by atoms with E-state index in [9.17, 15) is 0 Å². The van der Waals surface area contributed by atoms with Crippen molar-refractivity contribution in [1.82, 2.24) is 14.5 Å². The van der Waals surface area contributed by atoms with E-state index in [0.717, 1.165) is 29.0 Å². The Morgan fingerprint density at radius 2 is 2.28 bits per heavy atom. The van der Waals surface area contributed by atoms with Crippen molar-refractivity contribution in [3.05, 3.63) is 40.3 Å². The maximum Gasteiger partial charge on any atom is 0.201 e. The third-order valence-corrected chi connectivity index (χ3v) is 3.81. The van der Waals surface area contributed by atoms with Gasteiger partial charge in [0, 0.05) is 24.5 Å². The Morgan fingerprint density at radius 1 is 1.39 bits per heavy atom. The fraction of sp³-hybridized carbons (Fsp3) is 0.231. The molecule has 0 unspecified atom stereocenters. The second-order valence-corrected chi connectivity index (χ2v) is 5.27. The van der Waals surface area contributed by atoms with Crippen molar-refractivity contribution in [2.75, 3.05) is 5.73 Å². The Balaban J connectivity index is 1.93. The highest BCUT2D eigenvalue weighted by atomic mass is 32.1. The van der Waals surface area contributed by atoms with Crippen LogP contribution in [0.15, 0.2) is 29.8 Å². The van der Waals surface area contributed by atoms with Crippen molar-refractivity contribution in [2.24, 2.45) is 0 Å². The van der Waals surface area contributed by atoms with Crippen LogP contribution in [-0.2, 0) is 13.0 Å². The Bertz CT molecular complexity index is 670. The van der Waals surface area contributed by atoms with Gasteiger partial charge >= 0.3 is 0 Å². The van der Waals surface area contributed by atoms with Gasteiger partial charge in [-0.25, -0.2) is 9.97 Å². The molecule has 0 aliphatic carbocycles. The quantitative estimate of drug-likeness (QED) is 0.785. The number of nitrogens with two attached hydrogens (primary N) is 1. The summed E-state index contributed by atoms with van der Waals surface area (Å²) in [7, 11) is 0. The van der Waals surface area contributed by atoms with Gasteiger partial charge in [-0.05, 0) is 24.6 Å². The Labute approximate surface area is 109 Å². The largest absolute Gasteiger partial charge is 0.369 e. The summed E-state index contributed by atoms with van der Waals surface area (Å²) >= 11 is 1.67. The summed E-state index contributed by atoms with van der Waals surface area (Å²) in [6.07, 6.45) is 2.72. The summed E-state index contributed by atoms with van der Waals surface area (Å²) < 4.78 is 2.05. The smallest absolute Gasteiger partial charge is 0.201 e. The van der Waals surface area contributed by atoms with Crippen LogP contribution >= 0.6 is 11.3 Å². The van der Waals surface area contributed by atoms with E-state index in [2.05, 4.69) is 39.7 Å². The molecule has 4 nitrogen and oxygen atoms in total. The van der Waals surface area contributed by atoms with Crippen LogP contribution in [0.5, 0.6) is 0 Å². The number of hydrogen-bond acceptors (Lipinski definition) is 4. The van der Waals surface area contributed by atoms with E-state index in [1.807, 2.05) is 11.6 Å². The van der Waals surface area contributed by atoms with Crippen molar-refractivity contribution < 1.29 is 0 Å². The molecule has 0 saturated heterocycles. The Morgan fingerprint density at radius 3 is 3.06 bits per heavy atom. The highest BCUT2D eigenvalue weighted by molar-refractivity contribution is 7.09. The molecule has 2 heterocycles. The minimum atomic E-state index is 0.576. The fourth-order valence-corrected chi connectivity index (χ4v) is 2.69. The molecular formula is C13H14N4S. The topological polar surface area (TPSA) is 56.7 Å². The maximum absolute atomic E-state index is 5.98. The number of nitrogen functional groups attached to an aromatic ring is 1. The molecule has 18 heavy (non-hydrogen) atoms. The van der Waals surface area contributed by atoms with Gasteiger partial charge in [0.15, 0.2) is 0 Å². The molecule has 1 aromatic carbocycles. The van der Waals surface area contributed by atoms with Gasteiger partial charge in [-0.1, -0.05) is 6.07 Å². The summed E-state index contributed by atoms with van der Waals surface area (Å²) in [6, 6.07) is 6.23. The van der Waals surface area contributed by atoms with Crippen LogP contribution in [0.4, 0.5) is 5.95 Å². The summed E-state index contributed by atoms with van der Waals surface area (Å²) in [6.45, 7) is 2.88. The van der Waals surface area contributed by atoms with Crippen LogP contribution in [-0.4, -0.2) is 14.5 Å². The summed E-state index contributed by atoms with van der Waals surface area (Å²) in [4.78, 5) is 8.68. The van der Waals surface area contributed by atoms with Crippen molar-refractivity contribution in [2.45, 2.75) is 19.9 Å². The molecule has 0 aliphatic heterocycles. The van der Waals surface area contributed by atoms with Crippen LogP contribution in [0, 0.1) is 6.92 Å². The zero-order chi connectivity index (χ0) is 12.5. The summed E-state index contributed by atoms with van der Waals surface area (Å²) in [5.41, 5.74) is 9.24. The van der Waals surface area contributed by atoms with E-state index < -0.39 is 0 Å². The van der Waals surface area contributed by atoms with Crippen molar-refractivity contribution in [3.8, 4) is 0 Å². The number of hydrogen-bond donors (Lipinski definition) is 1. The lowest BCUT2D eigenvalue weighted by Crippen LogP contribution is -2.05. The number of anilines is 1. The number of aromatic nitrogens is 3. The fourth-order valence-electron chi connectivity index (χ4n) is 2.08. The third kappa shape index (κ3) is 1.97. The third-order valence-electron chi connectivity index (χ3n) is 2.97. The van der Waals surface area contributed by atoms with E-state index in [1.165, 1.54) is 5.56 Å². The average Bonchev–Trinajstić information content (AvgIpc) is 2.93. The second-order valence-electron chi connectivity index (χ2n) is 4.29. The van der Waals surface area contributed by atoms with E-state index in [1.54, 1.807) is 11.3 Å². The molecule has 0 spiro atoms. The van der Waals surface area contributed by atoms with E-state index in [4.69, 9.17) is 5.73 Å². The zero-order valence-corrected chi connectivity index (χ0v) is 10.9. The number of nitrogens with zero attached hydrogens (tertiary/aromatic N) is 3. The van der Waals surface area contributed by atoms with Crippen molar-refractivity contribution in [1.29, 1.82) is 0 Å². The molecule has 3 aromatic rings. The van der Waals surface area contributed by atoms with Crippen molar-refractivity contribution in [3.63, 3.8) is 0 Å². The van der Waals surface area contributed by atoms with Gasteiger partial charge in [-0.3, -0.25) is 0 Å². The van der Waals surface area contributed by atoms with Gasteiger partial charge in [0.2, 0.25) is 5.95 Å². The molecule has 92 valence electrons. The SMILES string of the molecule is Cc1ccc2c(c1)nc(N)n2CCc1nccs1. The molecule has 0 aliphatic rings. The molecule has 0 amide bonds. The van der Waals surface area contributed by atoms with Gasteiger partial charge in [-0.2, -0.15) is 0 Å². The van der Waals surface area contributed by atoms with Gasteiger partial charge in [0.1, 0.15) is 0 Å². The maximum atomic E-state index is 5.98. The van der Waals surface area contributed by atoms with Crippen LogP contribution in [0.3, 0.4) is 0 Å². The van der Waals surface area contributed by atoms with Crippen LogP contribution in [0.25, 0.3) is 11.0 Å². The number of fused-ring (bicyclic) bond motifs is 1. The van der Waals surface area contributed by atoms with E-state index >= 15 is 0 Å². The molecule has 2 aromatic heterocycles. The standard InChI is InChI=1S/C13H14N4S/c1-9-2-3-11-10(8-9)16-13(14)17(11)6-4-12-15-5-7-18-12/h2-3,5,7-8H,4,6H2,1H3,(H2,14,16). The molecule has 0 saturated carbocycles. The molecule has 2 N–H and O–H groups in total. The van der Waals surface area contributed by atoms with Crippen LogP contribution in [0.2, 0.25) is 0 Å². The van der Waals surface area contributed by atoms with Gasteiger partial charge < -0.3 is 10.3 Å². The summed E-state index contributed by atoms with van der Waals surface area (Å²) in [5, 5.41) is 3.12. The molecule has 0 bridgehead atoms. The molecule has 0 atom stereocenters. The predicted octanol–water partition coefficient (Wildman–Crippen LogP) is 2.63. The number of thiazole rings is 1. The molecule has 5 heteroatoms. The normalized spacial score (nSPS) is 11.2. The highest BCUT2D eigenvalue weighted by Crippen LogP contribution is 2.20. The first-order chi connectivity index (χ1) is 8.74. The van der Waals surface area contributed by atoms with Gasteiger partial charge in [0.05, 0.1) is 16.0 Å². The Kier molecular flexibility index (Phi) is 2.76. The number of aryl methyl sites for hydroxylation is 3. The minimum absolute atomic E-state index is 0.576. The monoisotopic (exact) mass is 258 g/mol. The first kappa shape index (κ1) is 11.2. The molecular weight excluding hydrogens is 244 g/mol.